The average molecular weight is 442 g/mol. The van der Waals surface area contributed by atoms with Crippen LogP contribution in [0, 0.1) is 11.6 Å². The van der Waals surface area contributed by atoms with Crippen molar-refractivity contribution in [2.45, 2.75) is 19.9 Å². The first-order valence-electron chi connectivity index (χ1n) is 7.70. The van der Waals surface area contributed by atoms with Gasteiger partial charge in [0, 0.05) is 17.3 Å². The highest BCUT2D eigenvalue weighted by molar-refractivity contribution is 9.10. The summed E-state index contributed by atoms with van der Waals surface area (Å²) in [4.78, 5) is 21.2. The first-order valence-corrected chi connectivity index (χ1v) is 9.37. The van der Waals surface area contributed by atoms with E-state index < -0.39 is 23.6 Å². The van der Waals surface area contributed by atoms with E-state index in [4.69, 9.17) is 4.74 Å². The van der Waals surface area contributed by atoms with Crippen molar-refractivity contribution < 1.29 is 18.3 Å². The van der Waals surface area contributed by atoms with E-state index in [2.05, 4.69) is 31.2 Å². The lowest BCUT2D eigenvalue weighted by Gasteiger charge is -2.26. The molecule has 1 unspecified atom stereocenters. The third-order valence-corrected chi connectivity index (χ3v) is 5.32. The molecule has 136 valence electrons. The minimum absolute atomic E-state index is 0.0822. The van der Waals surface area contributed by atoms with Crippen LogP contribution in [0.1, 0.15) is 30.5 Å². The monoisotopic (exact) mass is 441 g/mol. The standard InChI is InChI=1S/C17H14BrF2N3O2S/c1-3-25-17(24)11-8(2)22-15(16-21-6-7-26-16)23-14(11)9-4-5-10(19)13(20)12(9)18/h4-7,14H,3H2,1-2H3,(H,22,23). The van der Waals surface area contributed by atoms with Gasteiger partial charge < -0.3 is 10.1 Å². The van der Waals surface area contributed by atoms with Crippen molar-refractivity contribution >= 4 is 39.1 Å². The number of rotatable bonds is 4. The summed E-state index contributed by atoms with van der Waals surface area (Å²) >= 11 is 4.45. The van der Waals surface area contributed by atoms with Gasteiger partial charge >= 0.3 is 5.97 Å². The van der Waals surface area contributed by atoms with Crippen molar-refractivity contribution in [2.24, 2.45) is 4.99 Å². The molecule has 5 nitrogen and oxygen atoms in total. The number of carbonyl (C=O) groups excluding carboxylic acids is 1. The van der Waals surface area contributed by atoms with Crippen LogP contribution in [0.25, 0.3) is 0 Å². The van der Waals surface area contributed by atoms with Gasteiger partial charge in [-0.3, -0.25) is 4.99 Å². The van der Waals surface area contributed by atoms with Gasteiger partial charge in [0.25, 0.3) is 0 Å². The summed E-state index contributed by atoms with van der Waals surface area (Å²) in [5.41, 5.74) is 1.08. The van der Waals surface area contributed by atoms with Crippen LogP contribution in [0.15, 0.2) is 44.4 Å². The Balaban J connectivity index is 2.15. The topological polar surface area (TPSA) is 63.6 Å². The minimum atomic E-state index is -1.03. The number of hydrogen-bond acceptors (Lipinski definition) is 6. The summed E-state index contributed by atoms with van der Waals surface area (Å²) in [6.45, 7) is 3.58. The van der Waals surface area contributed by atoms with Crippen molar-refractivity contribution in [1.29, 1.82) is 0 Å². The molecule has 1 aromatic heterocycles. The molecule has 0 amide bonds. The molecule has 2 aromatic rings. The van der Waals surface area contributed by atoms with E-state index in [1.54, 1.807) is 25.4 Å². The van der Waals surface area contributed by atoms with E-state index in [1.165, 1.54) is 17.4 Å². The van der Waals surface area contributed by atoms with E-state index in [1.807, 2.05) is 0 Å². The quantitative estimate of drug-likeness (QED) is 0.572. The molecule has 0 bridgehead atoms. The molecular formula is C17H14BrF2N3O2S. The van der Waals surface area contributed by atoms with E-state index in [0.29, 0.717) is 22.1 Å². The number of halogens is 3. The van der Waals surface area contributed by atoms with Gasteiger partial charge in [-0.05, 0) is 41.4 Å². The molecule has 0 fully saturated rings. The first kappa shape index (κ1) is 18.7. The number of aliphatic imine (C=N–C) groups is 1. The summed E-state index contributed by atoms with van der Waals surface area (Å²) in [6.07, 6.45) is 1.63. The number of allylic oxidation sites excluding steroid dienone is 1. The SMILES string of the molecule is CCOC(=O)C1=C(C)NC(c2nccs2)=NC1c1ccc(F)c(F)c1Br. The first-order chi connectivity index (χ1) is 12.4. The summed E-state index contributed by atoms with van der Waals surface area (Å²) < 4.78 is 32.6. The summed E-state index contributed by atoms with van der Waals surface area (Å²) in [6, 6.07) is 1.54. The molecule has 1 atom stereocenters. The number of carbonyl (C=O) groups is 1. The maximum absolute atomic E-state index is 14.1. The minimum Gasteiger partial charge on any atom is -0.463 e. The van der Waals surface area contributed by atoms with E-state index in [0.717, 1.165) is 6.07 Å². The zero-order chi connectivity index (χ0) is 18.8. The predicted octanol–water partition coefficient (Wildman–Crippen LogP) is 4.11. The second kappa shape index (κ2) is 7.63. The number of benzene rings is 1. The lowest BCUT2D eigenvalue weighted by atomic mass is 9.96. The predicted molar refractivity (Wildman–Crippen MR) is 97.9 cm³/mol. The fourth-order valence-electron chi connectivity index (χ4n) is 2.58. The molecule has 26 heavy (non-hydrogen) atoms. The Morgan fingerprint density at radius 2 is 2.19 bits per heavy atom. The Kier molecular flexibility index (Phi) is 5.47. The summed E-state index contributed by atoms with van der Waals surface area (Å²) in [7, 11) is 0. The highest BCUT2D eigenvalue weighted by Crippen LogP contribution is 2.37. The van der Waals surface area contributed by atoms with Gasteiger partial charge in [0.15, 0.2) is 22.5 Å². The molecule has 3 rings (SSSR count). The number of thiazole rings is 1. The van der Waals surface area contributed by atoms with Crippen LogP contribution in [0.2, 0.25) is 0 Å². The zero-order valence-corrected chi connectivity index (χ0v) is 16.2. The van der Waals surface area contributed by atoms with Crippen molar-refractivity contribution in [2.75, 3.05) is 6.61 Å². The number of ether oxygens (including phenoxy) is 1. The number of aromatic nitrogens is 1. The second-order valence-electron chi connectivity index (χ2n) is 5.37. The van der Waals surface area contributed by atoms with Gasteiger partial charge in [0.1, 0.15) is 6.04 Å². The molecule has 0 spiro atoms. The Morgan fingerprint density at radius 3 is 2.85 bits per heavy atom. The van der Waals surface area contributed by atoms with E-state index in [-0.39, 0.29) is 16.7 Å². The lowest BCUT2D eigenvalue weighted by molar-refractivity contribution is -0.138. The van der Waals surface area contributed by atoms with Crippen molar-refractivity contribution in [3.63, 3.8) is 0 Å². The molecule has 0 saturated heterocycles. The number of nitrogens with zero attached hydrogens (tertiary/aromatic N) is 2. The molecule has 0 radical (unpaired) electrons. The maximum Gasteiger partial charge on any atom is 0.338 e. The maximum atomic E-state index is 14.1. The van der Waals surface area contributed by atoms with Gasteiger partial charge in [-0.1, -0.05) is 6.07 Å². The molecule has 9 heteroatoms. The highest BCUT2D eigenvalue weighted by atomic mass is 79.9. The van der Waals surface area contributed by atoms with Gasteiger partial charge in [-0.25, -0.2) is 18.6 Å². The normalized spacial score (nSPS) is 17.0. The molecular weight excluding hydrogens is 428 g/mol. The van der Waals surface area contributed by atoms with Crippen LogP contribution in [-0.4, -0.2) is 23.4 Å². The van der Waals surface area contributed by atoms with E-state index >= 15 is 0 Å². The van der Waals surface area contributed by atoms with Crippen LogP contribution < -0.4 is 5.32 Å². The Hall–Kier alpha value is -2.13. The molecule has 2 heterocycles. The number of esters is 1. The van der Waals surface area contributed by atoms with Crippen LogP contribution in [0.5, 0.6) is 0 Å². The van der Waals surface area contributed by atoms with Crippen LogP contribution in [0.4, 0.5) is 8.78 Å². The number of nitrogens with one attached hydrogen (secondary N) is 1. The third-order valence-electron chi connectivity index (χ3n) is 3.73. The van der Waals surface area contributed by atoms with Crippen molar-refractivity contribution in [3.05, 3.63) is 61.7 Å². The average Bonchev–Trinajstić information content (AvgIpc) is 3.14. The number of hydrogen-bond donors (Lipinski definition) is 1. The molecule has 1 aliphatic heterocycles. The van der Waals surface area contributed by atoms with Gasteiger partial charge in [0.2, 0.25) is 0 Å². The summed E-state index contributed by atoms with van der Waals surface area (Å²) in [5.74, 6) is -2.14. The Labute approximate surface area is 160 Å². The van der Waals surface area contributed by atoms with Crippen LogP contribution in [-0.2, 0) is 9.53 Å². The van der Waals surface area contributed by atoms with Crippen molar-refractivity contribution in [1.82, 2.24) is 10.3 Å². The molecule has 0 saturated carbocycles. The van der Waals surface area contributed by atoms with E-state index in [9.17, 15) is 13.6 Å². The Bertz CT molecular complexity index is 913. The summed E-state index contributed by atoms with van der Waals surface area (Å²) in [5, 5.41) is 5.46. The fourth-order valence-corrected chi connectivity index (χ4v) is 3.70. The molecule has 1 N–H and O–H groups in total. The fraction of sp³-hybridized carbons (Fsp3) is 0.235. The second-order valence-corrected chi connectivity index (χ2v) is 7.05. The van der Waals surface area contributed by atoms with Gasteiger partial charge in [0.05, 0.1) is 16.7 Å². The Morgan fingerprint density at radius 1 is 1.42 bits per heavy atom. The van der Waals surface area contributed by atoms with Gasteiger partial charge in [-0.15, -0.1) is 11.3 Å². The zero-order valence-electron chi connectivity index (χ0n) is 13.8. The molecule has 1 aliphatic rings. The largest absolute Gasteiger partial charge is 0.463 e. The van der Waals surface area contributed by atoms with Crippen LogP contribution in [0.3, 0.4) is 0 Å². The van der Waals surface area contributed by atoms with Crippen molar-refractivity contribution in [3.8, 4) is 0 Å². The molecule has 1 aromatic carbocycles. The third kappa shape index (κ3) is 3.41. The lowest BCUT2D eigenvalue weighted by Crippen LogP contribution is -2.33. The number of amidine groups is 1. The van der Waals surface area contributed by atoms with Gasteiger partial charge in [-0.2, -0.15) is 0 Å². The smallest absolute Gasteiger partial charge is 0.338 e. The highest BCUT2D eigenvalue weighted by Gasteiger charge is 2.33. The molecule has 0 aliphatic carbocycles. The van der Waals surface area contributed by atoms with Crippen LogP contribution >= 0.6 is 27.3 Å².